The summed E-state index contributed by atoms with van der Waals surface area (Å²) in [5.74, 6) is 0.293. The van der Waals surface area contributed by atoms with Gasteiger partial charge in [0.1, 0.15) is 11.2 Å². The van der Waals surface area contributed by atoms with E-state index in [0.29, 0.717) is 16.7 Å². The van der Waals surface area contributed by atoms with Crippen LogP contribution in [-0.4, -0.2) is 28.0 Å². The van der Waals surface area contributed by atoms with Crippen molar-refractivity contribution in [2.24, 2.45) is 0 Å². The maximum Gasteiger partial charge on any atom is 0.339 e. The molecular weight excluding hydrogens is 398 g/mol. The van der Waals surface area contributed by atoms with Crippen LogP contribution in [0.25, 0.3) is 11.2 Å². The van der Waals surface area contributed by atoms with Gasteiger partial charge in [0.05, 0.1) is 18.2 Å². The van der Waals surface area contributed by atoms with Crippen LogP contribution in [0.15, 0.2) is 103 Å². The van der Waals surface area contributed by atoms with Gasteiger partial charge in [-0.05, 0) is 22.8 Å². The molecule has 0 fully saturated rings. The van der Waals surface area contributed by atoms with E-state index >= 15 is 0 Å². The summed E-state index contributed by atoms with van der Waals surface area (Å²) in [5.41, 5.74) is 4.12. The van der Waals surface area contributed by atoms with Crippen LogP contribution < -0.4 is 0 Å². The van der Waals surface area contributed by atoms with Gasteiger partial charge in [-0.1, -0.05) is 91.0 Å². The number of nitrogens with zero attached hydrogens (tertiary/aromatic N) is 2. The molecule has 0 radical (unpaired) electrons. The smallest absolute Gasteiger partial charge is 0.339 e. The number of H-pyrrole nitrogens is 1. The van der Waals surface area contributed by atoms with E-state index in [1.165, 1.54) is 13.3 Å². The van der Waals surface area contributed by atoms with Crippen molar-refractivity contribution in [2.75, 3.05) is 7.11 Å². The first kappa shape index (κ1) is 19.7. The summed E-state index contributed by atoms with van der Waals surface area (Å²) in [5, 5.41) is 0. The Hall–Kier alpha value is -4.25. The van der Waals surface area contributed by atoms with E-state index < -0.39 is 11.4 Å². The Kier molecular flexibility index (Phi) is 5.00. The summed E-state index contributed by atoms with van der Waals surface area (Å²) >= 11 is 0. The molecule has 2 heterocycles. The fourth-order valence-corrected chi connectivity index (χ4v) is 4.28. The van der Waals surface area contributed by atoms with Gasteiger partial charge in [-0.3, -0.25) is 0 Å². The lowest BCUT2D eigenvalue weighted by Crippen LogP contribution is -2.32. The van der Waals surface area contributed by atoms with Crippen molar-refractivity contribution in [1.29, 1.82) is 0 Å². The largest absolute Gasteiger partial charge is 0.465 e. The van der Waals surface area contributed by atoms with Crippen molar-refractivity contribution in [1.82, 2.24) is 15.0 Å². The van der Waals surface area contributed by atoms with Crippen LogP contribution in [0.2, 0.25) is 0 Å². The van der Waals surface area contributed by atoms with E-state index in [9.17, 15) is 4.79 Å². The van der Waals surface area contributed by atoms with Crippen LogP contribution >= 0.6 is 0 Å². The zero-order valence-electron chi connectivity index (χ0n) is 17.5. The van der Waals surface area contributed by atoms with Crippen molar-refractivity contribution < 1.29 is 9.53 Å². The van der Waals surface area contributed by atoms with E-state index in [-0.39, 0.29) is 0 Å². The van der Waals surface area contributed by atoms with Gasteiger partial charge in [0, 0.05) is 6.20 Å². The van der Waals surface area contributed by atoms with E-state index in [1.54, 1.807) is 6.07 Å². The summed E-state index contributed by atoms with van der Waals surface area (Å²) in [6, 6.07) is 32.6. The molecule has 1 N–H and O–H groups in total. The van der Waals surface area contributed by atoms with Gasteiger partial charge in [-0.2, -0.15) is 0 Å². The Morgan fingerprint density at radius 3 is 1.78 bits per heavy atom. The second-order valence-corrected chi connectivity index (χ2v) is 7.52. The normalized spacial score (nSPS) is 11.4. The molecule has 156 valence electrons. The second-order valence-electron chi connectivity index (χ2n) is 7.52. The number of aromatic amines is 1. The lowest BCUT2D eigenvalue weighted by Gasteiger charge is -2.34. The van der Waals surface area contributed by atoms with E-state index in [1.807, 2.05) is 54.6 Å². The highest BCUT2D eigenvalue weighted by Crippen LogP contribution is 2.44. The molecule has 5 heteroatoms. The monoisotopic (exact) mass is 419 g/mol. The maximum absolute atomic E-state index is 12.0. The molecule has 0 unspecified atom stereocenters. The summed E-state index contributed by atoms with van der Waals surface area (Å²) in [6.45, 7) is 0. The quantitative estimate of drug-likeness (QED) is 0.317. The predicted molar refractivity (Wildman–Crippen MR) is 124 cm³/mol. The molecule has 2 aromatic heterocycles. The molecule has 5 rings (SSSR count). The van der Waals surface area contributed by atoms with Gasteiger partial charge in [0.15, 0.2) is 5.65 Å². The van der Waals surface area contributed by atoms with E-state index in [0.717, 1.165) is 22.5 Å². The Labute approximate surface area is 185 Å². The Morgan fingerprint density at radius 2 is 1.31 bits per heavy atom. The van der Waals surface area contributed by atoms with Crippen molar-refractivity contribution in [3.63, 3.8) is 0 Å². The van der Waals surface area contributed by atoms with Crippen molar-refractivity contribution in [2.45, 2.75) is 5.41 Å². The van der Waals surface area contributed by atoms with Crippen LogP contribution in [0.4, 0.5) is 0 Å². The lowest BCUT2D eigenvalue weighted by atomic mass is 9.69. The zero-order chi connectivity index (χ0) is 22.0. The maximum atomic E-state index is 12.0. The van der Waals surface area contributed by atoms with Crippen LogP contribution in [0.1, 0.15) is 32.9 Å². The number of rotatable bonds is 5. The molecule has 0 spiro atoms. The minimum Gasteiger partial charge on any atom is -0.465 e. The Morgan fingerprint density at radius 1 is 0.812 bits per heavy atom. The predicted octanol–water partition coefficient (Wildman–Crippen LogP) is 5.13. The third-order valence-corrected chi connectivity index (χ3v) is 5.73. The number of hydrogen-bond donors (Lipinski definition) is 1. The number of fused-ring (bicyclic) bond motifs is 1. The molecule has 0 amide bonds. The topological polar surface area (TPSA) is 67.9 Å². The third-order valence-electron chi connectivity index (χ3n) is 5.73. The number of ether oxygens (including phenoxy) is 1. The zero-order valence-corrected chi connectivity index (χ0v) is 17.5. The molecule has 0 aliphatic rings. The van der Waals surface area contributed by atoms with E-state index in [2.05, 4.69) is 46.4 Å². The van der Waals surface area contributed by atoms with Crippen LogP contribution in [0.5, 0.6) is 0 Å². The highest BCUT2D eigenvalue weighted by molar-refractivity contribution is 5.92. The van der Waals surface area contributed by atoms with Gasteiger partial charge in [-0.15, -0.1) is 0 Å². The minimum atomic E-state index is -0.699. The lowest BCUT2D eigenvalue weighted by molar-refractivity contribution is 0.0600. The van der Waals surface area contributed by atoms with Crippen LogP contribution in [0, 0.1) is 0 Å². The number of carbonyl (C=O) groups excluding carboxylic acids is 1. The highest BCUT2D eigenvalue weighted by atomic mass is 16.5. The van der Waals surface area contributed by atoms with Crippen LogP contribution in [-0.2, 0) is 10.2 Å². The number of carbonyl (C=O) groups is 1. The molecule has 0 saturated heterocycles. The molecule has 0 aliphatic carbocycles. The fourth-order valence-electron chi connectivity index (χ4n) is 4.28. The number of esters is 1. The molecule has 0 aliphatic heterocycles. The first-order chi connectivity index (χ1) is 15.7. The van der Waals surface area contributed by atoms with Gasteiger partial charge in [-0.25, -0.2) is 14.8 Å². The summed E-state index contributed by atoms with van der Waals surface area (Å²) < 4.78 is 4.85. The van der Waals surface area contributed by atoms with Crippen LogP contribution in [0.3, 0.4) is 0 Å². The fraction of sp³-hybridized carbons (Fsp3) is 0.0741. The molecule has 32 heavy (non-hydrogen) atoms. The standard InChI is InChI=1S/C27H21N3O2/c1-32-25(31)19-17-23-24(28-18-19)30-26(29-23)27(20-11-5-2-6-12-20,21-13-7-3-8-14-21)22-15-9-4-10-16-22/h2-18H,1H3,(H,28,29,30). The van der Waals surface area contributed by atoms with Crippen molar-refractivity contribution in [3.8, 4) is 0 Å². The van der Waals surface area contributed by atoms with Gasteiger partial charge >= 0.3 is 5.97 Å². The minimum absolute atomic E-state index is 0.375. The molecule has 3 aromatic carbocycles. The third kappa shape index (κ3) is 3.15. The number of methoxy groups -OCH3 is 1. The Bertz CT molecular complexity index is 1270. The number of imidazole rings is 1. The van der Waals surface area contributed by atoms with Crippen molar-refractivity contribution >= 4 is 17.1 Å². The average molecular weight is 419 g/mol. The number of benzene rings is 3. The Balaban J connectivity index is 1.85. The summed E-state index contributed by atoms with van der Waals surface area (Å²) in [6.07, 6.45) is 1.49. The van der Waals surface area contributed by atoms with Gasteiger partial charge in [0.25, 0.3) is 0 Å². The van der Waals surface area contributed by atoms with Gasteiger partial charge < -0.3 is 9.72 Å². The second kappa shape index (κ2) is 8.12. The van der Waals surface area contributed by atoms with E-state index in [4.69, 9.17) is 9.72 Å². The first-order valence-electron chi connectivity index (χ1n) is 10.3. The summed E-state index contributed by atoms with van der Waals surface area (Å²) in [4.78, 5) is 24.8. The summed E-state index contributed by atoms with van der Waals surface area (Å²) in [7, 11) is 1.36. The number of hydrogen-bond acceptors (Lipinski definition) is 4. The molecule has 5 aromatic rings. The molecule has 0 bridgehead atoms. The SMILES string of the molecule is COC(=O)c1cnc2nc(C(c3ccccc3)(c3ccccc3)c3ccccc3)[nH]c2c1. The highest BCUT2D eigenvalue weighted by Gasteiger charge is 2.41. The van der Waals surface area contributed by atoms with Gasteiger partial charge in [0.2, 0.25) is 0 Å². The molecule has 0 atom stereocenters. The first-order valence-corrected chi connectivity index (χ1v) is 10.3. The molecule has 5 nitrogen and oxygen atoms in total. The number of nitrogens with one attached hydrogen (secondary N) is 1. The van der Waals surface area contributed by atoms with Crippen molar-refractivity contribution in [3.05, 3.63) is 131 Å². The average Bonchev–Trinajstić information content (AvgIpc) is 3.29. The number of pyridine rings is 1. The number of aromatic nitrogens is 3. The molecule has 0 saturated carbocycles. The molecular formula is C27H21N3O2.